The molecule has 0 aromatic heterocycles. The highest BCUT2D eigenvalue weighted by molar-refractivity contribution is 9.10. The third kappa shape index (κ3) is 2.94. The molecule has 18 heavy (non-hydrogen) atoms. The first kappa shape index (κ1) is 14.8. The molecule has 1 aromatic carbocycles. The van der Waals surface area contributed by atoms with E-state index in [0.29, 0.717) is 17.1 Å². The average Bonchev–Trinajstić information content (AvgIpc) is 2.31. The topological polar surface area (TPSA) is 81.8 Å². The van der Waals surface area contributed by atoms with Crippen LogP contribution < -0.4 is 15.2 Å². The summed E-state index contributed by atoms with van der Waals surface area (Å²) in [5.74, 6) is 0.223. The van der Waals surface area contributed by atoms with Crippen LogP contribution in [0.25, 0.3) is 0 Å². The molecule has 0 saturated carbocycles. The Bertz CT molecular complexity index is 462. The first-order valence-corrected chi connectivity index (χ1v) is 6.10. The number of hydrogen-bond donors (Lipinski definition) is 2. The second-order valence-corrected chi connectivity index (χ2v) is 4.64. The van der Waals surface area contributed by atoms with Gasteiger partial charge in [0.2, 0.25) is 0 Å². The predicted molar refractivity (Wildman–Crippen MR) is 71.2 cm³/mol. The number of carboxylic acid groups (broad SMARTS) is 1. The summed E-state index contributed by atoms with van der Waals surface area (Å²) in [5.41, 5.74) is 7.36. The van der Waals surface area contributed by atoms with Gasteiger partial charge in [-0.25, -0.2) is 0 Å². The summed E-state index contributed by atoms with van der Waals surface area (Å²) in [4.78, 5) is 10.7. The van der Waals surface area contributed by atoms with Crippen LogP contribution in [0.3, 0.4) is 0 Å². The standard InChI is InChI=1S/C12H16BrNO4/c1-6-9(17-2)4-7(8(14)5-10(15)16)12(18-3)11(6)13/h4,8H,5,14H2,1-3H3,(H,15,16). The maximum absolute atomic E-state index is 10.7. The molecule has 5 nitrogen and oxygen atoms in total. The molecule has 6 heteroatoms. The van der Waals surface area contributed by atoms with Crippen LogP contribution in [-0.2, 0) is 4.79 Å². The average molecular weight is 318 g/mol. The van der Waals surface area contributed by atoms with E-state index >= 15 is 0 Å². The van der Waals surface area contributed by atoms with Crippen LogP contribution in [0.1, 0.15) is 23.6 Å². The number of benzene rings is 1. The molecule has 1 aromatic rings. The molecule has 0 aliphatic heterocycles. The first-order valence-electron chi connectivity index (χ1n) is 5.30. The molecular formula is C12H16BrNO4. The van der Waals surface area contributed by atoms with Gasteiger partial charge in [-0.15, -0.1) is 0 Å². The summed E-state index contributed by atoms with van der Waals surface area (Å²) in [6.07, 6.45) is -0.172. The van der Waals surface area contributed by atoms with Crippen LogP contribution in [-0.4, -0.2) is 25.3 Å². The summed E-state index contributed by atoms with van der Waals surface area (Å²) in [6, 6.07) is 1.07. The van der Waals surface area contributed by atoms with Gasteiger partial charge >= 0.3 is 5.97 Å². The van der Waals surface area contributed by atoms with Crippen molar-refractivity contribution in [3.63, 3.8) is 0 Å². The smallest absolute Gasteiger partial charge is 0.305 e. The van der Waals surface area contributed by atoms with Crippen LogP contribution in [0.2, 0.25) is 0 Å². The molecule has 0 fully saturated rings. The van der Waals surface area contributed by atoms with E-state index in [1.54, 1.807) is 13.2 Å². The quantitative estimate of drug-likeness (QED) is 0.870. The fraction of sp³-hybridized carbons (Fsp3) is 0.417. The molecule has 3 N–H and O–H groups in total. The summed E-state index contributed by atoms with van der Waals surface area (Å²) in [5, 5.41) is 8.80. The van der Waals surface area contributed by atoms with Crippen LogP contribution in [0.15, 0.2) is 10.5 Å². The third-order valence-corrected chi connectivity index (χ3v) is 3.62. The molecular weight excluding hydrogens is 302 g/mol. The molecule has 100 valence electrons. The zero-order valence-corrected chi connectivity index (χ0v) is 12.1. The Balaban J connectivity index is 3.32. The first-order chi connectivity index (χ1) is 8.42. The number of rotatable bonds is 5. The van der Waals surface area contributed by atoms with Crippen LogP contribution in [0.4, 0.5) is 0 Å². The van der Waals surface area contributed by atoms with Crippen molar-refractivity contribution in [2.45, 2.75) is 19.4 Å². The van der Waals surface area contributed by atoms with Crippen LogP contribution in [0.5, 0.6) is 11.5 Å². The molecule has 0 aliphatic carbocycles. The van der Waals surface area contributed by atoms with Crippen molar-refractivity contribution in [2.24, 2.45) is 5.73 Å². The molecule has 1 unspecified atom stereocenters. The second-order valence-electron chi connectivity index (χ2n) is 3.84. The monoisotopic (exact) mass is 317 g/mol. The SMILES string of the molecule is COc1cc(C(N)CC(=O)O)c(OC)c(Br)c1C. The van der Waals surface area contributed by atoms with E-state index in [0.717, 1.165) is 10.0 Å². The Morgan fingerprint density at radius 2 is 2.11 bits per heavy atom. The molecule has 0 spiro atoms. The van der Waals surface area contributed by atoms with Gasteiger partial charge < -0.3 is 20.3 Å². The fourth-order valence-corrected chi connectivity index (χ4v) is 2.30. The number of carboxylic acids is 1. The Morgan fingerprint density at radius 1 is 1.50 bits per heavy atom. The van der Waals surface area contributed by atoms with Gasteiger partial charge in [-0.1, -0.05) is 0 Å². The minimum atomic E-state index is -0.958. The van der Waals surface area contributed by atoms with E-state index in [2.05, 4.69) is 15.9 Å². The van der Waals surface area contributed by atoms with Crippen LogP contribution >= 0.6 is 15.9 Å². The number of ether oxygens (including phenoxy) is 2. The minimum Gasteiger partial charge on any atom is -0.496 e. The largest absolute Gasteiger partial charge is 0.496 e. The van der Waals surface area contributed by atoms with Crippen molar-refractivity contribution >= 4 is 21.9 Å². The van der Waals surface area contributed by atoms with Gasteiger partial charge in [0, 0.05) is 17.2 Å². The van der Waals surface area contributed by atoms with Gasteiger partial charge in [0.15, 0.2) is 0 Å². The lowest BCUT2D eigenvalue weighted by atomic mass is 10.0. The number of nitrogens with two attached hydrogens (primary N) is 1. The molecule has 0 bridgehead atoms. The zero-order valence-electron chi connectivity index (χ0n) is 10.5. The van der Waals surface area contributed by atoms with E-state index < -0.39 is 12.0 Å². The number of carbonyl (C=O) groups is 1. The number of halogens is 1. The second kappa shape index (κ2) is 6.06. The Kier molecular flexibility index (Phi) is 4.98. The van der Waals surface area contributed by atoms with Crippen molar-refractivity contribution in [2.75, 3.05) is 14.2 Å². The van der Waals surface area contributed by atoms with E-state index in [1.807, 2.05) is 6.92 Å². The van der Waals surface area contributed by atoms with Crippen molar-refractivity contribution < 1.29 is 19.4 Å². The maximum atomic E-state index is 10.7. The Morgan fingerprint density at radius 3 is 2.56 bits per heavy atom. The summed E-state index contributed by atoms with van der Waals surface area (Å²) in [6.45, 7) is 1.87. The van der Waals surface area contributed by atoms with Gasteiger partial charge in [0.25, 0.3) is 0 Å². The van der Waals surface area contributed by atoms with E-state index in [-0.39, 0.29) is 6.42 Å². The van der Waals surface area contributed by atoms with Gasteiger partial charge in [0.05, 0.1) is 25.1 Å². The predicted octanol–water partition coefficient (Wildman–Crippen LogP) is 2.25. The molecule has 0 amide bonds. The summed E-state index contributed by atoms with van der Waals surface area (Å²) >= 11 is 3.41. The van der Waals surface area contributed by atoms with Gasteiger partial charge in [-0.3, -0.25) is 4.79 Å². The fourth-order valence-electron chi connectivity index (χ4n) is 1.71. The van der Waals surface area contributed by atoms with Crippen LogP contribution in [0, 0.1) is 6.92 Å². The van der Waals surface area contributed by atoms with Crippen molar-refractivity contribution in [1.82, 2.24) is 0 Å². The molecule has 1 atom stereocenters. The number of methoxy groups -OCH3 is 2. The molecule has 0 saturated heterocycles. The Hall–Kier alpha value is -1.27. The van der Waals surface area contributed by atoms with E-state index in [4.69, 9.17) is 20.3 Å². The minimum absolute atomic E-state index is 0.172. The molecule has 1 rings (SSSR count). The lowest BCUT2D eigenvalue weighted by Gasteiger charge is -2.19. The normalized spacial score (nSPS) is 12.1. The highest BCUT2D eigenvalue weighted by Gasteiger charge is 2.21. The van der Waals surface area contributed by atoms with Gasteiger partial charge in [-0.05, 0) is 28.9 Å². The lowest BCUT2D eigenvalue weighted by molar-refractivity contribution is -0.137. The van der Waals surface area contributed by atoms with Crippen molar-refractivity contribution in [3.8, 4) is 11.5 Å². The summed E-state index contributed by atoms with van der Waals surface area (Å²) < 4.78 is 11.2. The zero-order chi connectivity index (χ0) is 13.9. The number of hydrogen-bond acceptors (Lipinski definition) is 4. The molecule has 0 heterocycles. The highest BCUT2D eigenvalue weighted by Crippen LogP contribution is 2.40. The van der Waals surface area contributed by atoms with Crippen molar-refractivity contribution in [1.29, 1.82) is 0 Å². The molecule has 0 aliphatic rings. The summed E-state index contributed by atoms with van der Waals surface area (Å²) in [7, 11) is 3.07. The highest BCUT2D eigenvalue weighted by atomic mass is 79.9. The maximum Gasteiger partial charge on any atom is 0.305 e. The van der Waals surface area contributed by atoms with Crippen molar-refractivity contribution in [3.05, 3.63) is 21.7 Å². The lowest BCUT2D eigenvalue weighted by Crippen LogP contribution is -2.16. The molecule has 0 radical (unpaired) electrons. The Labute approximate surface area is 114 Å². The number of aliphatic carboxylic acids is 1. The van der Waals surface area contributed by atoms with E-state index in [9.17, 15) is 4.79 Å². The van der Waals surface area contributed by atoms with Gasteiger partial charge in [-0.2, -0.15) is 0 Å². The van der Waals surface area contributed by atoms with E-state index in [1.165, 1.54) is 7.11 Å². The van der Waals surface area contributed by atoms with Gasteiger partial charge in [0.1, 0.15) is 11.5 Å². The third-order valence-electron chi connectivity index (χ3n) is 2.67.